The second-order valence-corrected chi connectivity index (χ2v) is 6.48. The van der Waals surface area contributed by atoms with Crippen LogP contribution in [0.4, 0.5) is 15.8 Å². The molecular weight excluding hydrogens is 392 g/mol. The van der Waals surface area contributed by atoms with E-state index in [0.29, 0.717) is 22.4 Å². The van der Waals surface area contributed by atoms with Crippen molar-refractivity contribution < 1.29 is 13.9 Å². The van der Waals surface area contributed by atoms with Crippen molar-refractivity contribution in [2.45, 2.75) is 26.9 Å². The van der Waals surface area contributed by atoms with Gasteiger partial charge in [-0.15, -0.1) is 12.4 Å². The van der Waals surface area contributed by atoms with E-state index < -0.39 is 11.8 Å². The highest BCUT2D eigenvalue weighted by atomic mass is 35.5. The SMILES string of the molecule is Cc1ccc2c(Nc3ccc(F)cc3Cl)c(C(=O)OC(C)C)cnc2n1.Cl. The molecule has 142 valence electrons. The van der Waals surface area contributed by atoms with E-state index in [0.717, 1.165) is 5.69 Å². The third kappa shape index (κ3) is 4.64. The molecule has 0 aliphatic rings. The van der Waals surface area contributed by atoms with Gasteiger partial charge in [-0.1, -0.05) is 11.6 Å². The van der Waals surface area contributed by atoms with Crippen LogP contribution in [0.2, 0.25) is 5.02 Å². The number of fused-ring (bicyclic) bond motifs is 1. The van der Waals surface area contributed by atoms with Gasteiger partial charge in [0.05, 0.1) is 22.5 Å². The van der Waals surface area contributed by atoms with Gasteiger partial charge in [-0.3, -0.25) is 0 Å². The maximum atomic E-state index is 13.3. The lowest BCUT2D eigenvalue weighted by Gasteiger charge is -2.16. The fourth-order valence-corrected chi connectivity index (χ4v) is 2.68. The van der Waals surface area contributed by atoms with Crippen LogP contribution >= 0.6 is 24.0 Å². The summed E-state index contributed by atoms with van der Waals surface area (Å²) in [4.78, 5) is 21.1. The van der Waals surface area contributed by atoms with Gasteiger partial charge in [-0.25, -0.2) is 19.2 Å². The number of hydrogen-bond acceptors (Lipinski definition) is 5. The van der Waals surface area contributed by atoms with Gasteiger partial charge >= 0.3 is 5.97 Å². The average molecular weight is 410 g/mol. The lowest BCUT2D eigenvalue weighted by atomic mass is 10.1. The van der Waals surface area contributed by atoms with Gasteiger partial charge in [-0.05, 0) is 51.1 Å². The van der Waals surface area contributed by atoms with Crippen LogP contribution in [0.25, 0.3) is 11.0 Å². The van der Waals surface area contributed by atoms with Gasteiger partial charge in [0, 0.05) is 17.3 Å². The molecule has 3 aromatic rings. The largest absolute Gasteiger partial charge is 0.459 e. The van der Waals surface area contributed by atoms with E-state index >= 15 is 0 Å². The van der Waals surface area contributed by atoms with Crippen molar-refractivity contribution in [3.8, 4) is 0 Å². The fraction of sp³-hybridized carbons (Fsp3) is 0.211. The Bertz CT molecular complexity index is 996. The molecule has 0 atom stereocenters. The number of halogens is 3. The molecule has 0 amide bonds. The van der Waals surface area contributed by atoms with Crippen LogP contribution in [0.1, 0.15) is 29.9 Å². The maximum absolute atomic E-state index is 13.3. The first kappa shape index (κ1) is 20.9. The number of nitrogens with one attached hydrogen (secondary N) is 1. The van der Waals surface area contributed by atoms with E-state index in [-0.39, 0.29) is 29.1 Å². The quantitative estimate of drug-likeness (QED) is 0.579. The smallest absolute Gasteiger partial charge is 0.342 e. The summed E-state index contributed by atoms with van der Waals surface area (Å²) in [6, 6.07) is 7.62. The molecule has 0 aliphatic heterocycles. The minimum Gasteiger partial charge on any atom is -0.459 e. The van der Waals surface area contributed by atoms with Crippen molar-refractivity contribution >= 4 is 52.4 Å². The number of hydrogen-bond donors (Lipinski definition) is 1. The molecule has 0 fully saturated rings. The van der Waals surface area contributed by atoms with Crippen LogP contribution < -0.4 is 5.32 Å². The molecule has 0 saturated carbocycles. The van der Waals surface area contributed by atoms with Crippen LogP contribution in [0, 0.1) is 12.7 Å². The van der Waals surface area contributed by atoms with Gasteiger partial charge in [0.25, 0.3) is 0 Å². The number of pyridine rings is 2. The van der Waals surface area contributed by atoms with Crippen LogP contribution in [-0.4, -0.2) is 22.0 Å². The molecule has 0 aliphatic carbocycles. The number of ether oxygens (including phenoxy) is 1. The van der Waals surface area contributed by atoms with Crippen molar-refractivity contribution in [2.75, 3.05) is 5.32 Å². The van der Waals surface area contributed by atoms with E-state index in [1.165, 1.54) is 24.4 Å². The molecule has 0 unspecified atom stereocenters. The Morgan fingerprint density at radius 2 is 2.00 bits per heavy atom. The van der Waals surface area contributed by atoms with Crippen molar-refractivity contribution in [1.82, 2.24) is 9.97 Å². The summed E-state index contributed by atoms with van der Waals surface area (Å²) < 4.78 is 18.6. The highest BCUT2D eigenvalue weighted by Gasteiger charge is 2.19. The number of carbonyl (C=O) groups excluding carboxylic acids is 1. The Hall–Kier alpha value is -2.44. The summed E-state index contributed by atoms with van der Waals surface area (Å²) >= 11 is 6.12. The fourth-order valence-electron chi connectivity index (χ4n) is 2.46. The number of nitrogens with zero attached hydrogens (tertiary/aromatic N) is 2. The molecule has 1 N–H and O–H groups in total. The zero-order valence-electron chi connectivity index (χ0n) is 14.9. The van der Waals surface area contributed by atoms with E-state index in [2.05, 4.69) is 15.3 Å². The van der Waals surface area contributed by atoms with E-state index in [4.69, 9.17) is 16.3 Å². The number of benzene rings is 1. The second kappa shape index (κ2) is 8.50. The molecular formula is C19H18Cl2FN3O2. The lowest BCUT2D eigenvalue weighted by molar-refractivity contribution is 0.0379. The van der Waals surface area contributed by atoms with E-state index in [1.54, 1.807) is 13.8 Å². The first-order valence-corrected chi connectivity index (χ1v) is 8.42. The van der Waals surface area contributed by atoms with Gasteiger partial charge in [0.15, 0.2) is 5.65 Å². The molecule has 0 saturated heterocycles. The first-order chi connectivity index (χ1) is 12.3. The topological polar surface area (TPSA) is 64.1 Å². The summed E-state index contributed by atoms with van der Waals surface area (Å²) in [5.41, 5.74) is 2.44. The molecule has 2 heterocycles. The molecule has 3 rings (SSSR count). The summed E-state index contributed by atoms with van der Waals surface area (Å²) in [7, 11) is 0. The number of esters is 1. The van der Waals surface area contributed by atoms with E-state index in [9.17, 15) is 9.18 Å². The first-order valence-electron chi connectivity index (χ1n) is 8.04. The minimum atomic E-state index is -0.518. The Morgan fingerprint density at radius 1 is 1.26 bits per heavy atom. The van der Waals surface area contributed by atoms with Gasteiger partial charge < -0.3 is 10.1 Å². The summed E-state index contributed by atoms with van der Waals surface area (Å²) in [5, 5.41) is 3.93. The van der Waals surface area contributed by atoms with Crippen molar-refractivity contribution in [1.29, 1.82) is 0 Å². The molecule has 27 heavy (non-hydrogen) atoms. The number of aromatic nitrogens is 2. The van der Waals surface area contributed by atoms with Gasteiger partial charge in [0.1, 0.15) is 11.4 Å². The standard InChI is InChI=1S/C19H17ClFN3O2.ClH/c1-10(2)26-19(25)14-9-22-18-13(6-4-11(3)23-18)17(14)24-16-7-5-12(21)8-15(16)20;/h4-10H,1-3H3,(H,22,23,24);1H. The molecule has 8 heteroatoms. The highest BCUT2D eigenvalue weighted by Crippen LogP contribution is 2.32. The summed E-state index contributed by atoms with van der Waals surface area (Å²) in [5.74, 6) is -0.965. The number of carbonyl (C=O) groups is 1. The molecule has 0 bridgehead atoms. The molecule has 5 nitrogen and oxygen atoms in total. The molecule has 0 spiro atoms. The van der Waals surface area contributed by atoms with Crippen LogP contribution in [0.15, 0.2) is 36.5 Å². The number of rotatable bonds is 4. The van der Waals surface area contributed by atoms with Crippen molar-refractivity contribution in [3.63, 3.8) is 0 Å². The Balaban J connectivity index is 0.00000261. The monoisotopic (exact) mass is 409 g/mol. The Kier molecular flexibility index (Phi) is 6.57. The third-order valence-electron chi connectivity index (χ3n) is 3.62. The zero-order valence-corrected chi connectivity index (χ0v) is 16.5. The minimum absolute atomic E-state index is 0. The zero-order chi connectivity index (χ0) is 18.8. The summed E-state index contributed by atoms with van der Waals surface area (Å²) in [6.45, 7) is 5.38. The summed E-state index contributed by atoms with van der Waals surface area (Å²) in [6.07, 6.45) is 1.13. The van der Waals surface area contributed by atoms with Gasteiger partial charge in [-0.2, -0.15) is 0 Å². The number of anilines is 2. The Labute approximate surface area is 167 Å². The second-order valence-electron chi connectivity index (χ2n) is 6.07. The molecule has 2 aromatic heterocycles. The lowest BCUT2D eigenvalue weighted by Crippen LogP contribution is -2.14. The van der Waals surface area contributed by atoms with Gasteiger partial charge in [0.2, 0.25) is 0 Å². The van der Waals surface area contributed by atoms with E-state index in [1.807, 2.05) is 19.1 Å². The molecule has 1 aromatic carbocycles. The van der Waals surface area contributed by atoms with Crippen molar-refractivity contribution in [2.24, 2.45) is 0 Å². The average Bonchev–Trinajstić information content (AvgIpc) is 2.56. The van der Waals surface area contributed by atoms with Crippen molar-refractivity contribution in [3.05, 3.63) is 58.6 Å². The maximum Gasteiger partial charge on any atom is 0.342 e. The predicted molar refractivity (Wildman–Crippen MR) is 107 cm³/mol. The molecule has 0 radical (unpaired) electrons. The Morgan fingerprint density at radius 3 is 2.67 bits per heavy atom. The van der Waals surface area contributed by atoms with Crippen LogP contribution in [0.5, 0.6) is 0 Å². The highest BCUT2D eigenvalue weighted by molar-refractivity contribution is 6.33. The normalized spacial score (nSPS) is 10.6. The number of aryl methyl sites for hydroxylation is 1. The predicted octanol–water partition coefficient (Wildman–Crippen LogP) is 5.46. The van der Waals surface area contributed by atoms with Crippen LogP contribution in [0.3, 0.4) is 0 Å². The third-order valence-corrected chi connectivity index (χ3v) is 3.94. The van der Waals surface area contributed by atoms with Crippen LogP contribution in [-0.2, 0) is 4.74 Å².